The molecule has 1 heterocycles. The molecule has 3 N–H and O–H groups in total. The Hall–Kier alpha value is -2.28. The summed E-state index contributed by atoms with van der Waals surface area (Å²) >= 11 is 3.33. The fraction of sp³-hybridized carbons (Fsp3) is 0.143. The molecule has 0 aliphatic heterocycles. The maximum Gasteiger partial charge on any atom is 0.251 e. The number of carbonyl (C=O) groups excluding carboxylic acids is 1. The summed E-state index contributed by atoms with van der Waals surface area (Å²) in [5.41, 5.74) is 6.32. The van der Waals surface area contributed by atoms with Gasteiger partial charge in [-0.15, -0.1) is 0 Å². The van der Waals surface area contributed by atoms with Gasteiger partial charge < -0.3 is 20.4 Å². The first kappa shape index (κ1) is 15.1. The zero-order valence-electron chi connectivity index (χ0n) is 11.3. The molecule has 2 rings (SSSR count). The van der Waals surface area contributed by atoms with E-state index in [1.807, 2.05) is 0 Å². The van der Waals surface area contributed by atoms with Crippen molar-refractivity contribution in [1.82, 2.24) is 4.57 Å². The minimum atomic E-state index is -0.327. The predicted octanol–water partition coefficient (Wildman–Crippen LogP) is 1.84. The quantitative estimate of drug-likeness (QED) is 0.879. The van der Waals surface area contributed by atoms with Crippen LogP contribution in [0.4, 0.5) is 11.4 Å². The average molecular weight is 352 g/mol. The molecule has 0 unspecified atom stereocenters. The molecule has 0 aliphatic rings. The number of nitrogens with zero attached hydrogens (tertiary/aromatic N) is 1. The topological polar surface area (TPSA) is 86.3 Å². The molecule has 2 aromatic rings. The third-order valence-corrected chi connectivity index (χ3v) is 3.41. The number of pyridine rings is 1. The van der Waals surface area contributed by atoms with E-state index in [-0.39, 0.29) is 18.0 Å². The molecule has 7 heteroatoms. The lowest BCUT2D eigenvalue weighted by Gasteiger charge is -2.10. The zero-order valence-corrected chi connectivity index (χ0v) is 12.9. The van der Waals surface area contributed by atoms with Gasteiger partial charge in [-0.1, -0.05) is 0 Å². The summed E-state index contributed by atoms with van der Waals surface area (Å²) in [6, 6.07) is 8.00. The molecule has 110 valence electrons. The first-order chi connectivity index (χ1) is 9.99. The first-order valence-corrected chi connectivity index (χ1v) is 6.88. The second kappa shape index (κ2) is 6.45. The number of carbonyl (C=O) groups is 1. The Bertz CT molecular complexity index is 728. The lowest BCUT2D eigenvalue weighted by atomic mass is 10.3. The van der Waals surface area contributed by atoms with Crippen LogP contribution in [0.5, 0.6) is 5.75 Å². The largest absolute Gasteiger partial charge is 0.495 e. The Labute approximate surface area is 129 Å². The van der Waals surface area contributed by atoms with E-state index >= 15 is 0 Å². The average Bonchev–Trinajstić information content (AvgIpc) is 2.45. The lowest BCUT2D eigenvalue weighted by Crippen LogP contribution is -2.27. The van der Waals surface area contributed by atoms with Crippen LogP contribution in [0.15, 0.2) is 45.8 Å². The van der Waals surface area contributed by atoms with Crippen molar-refractivity contribution in [2.45, 2.75) is 6.54 Å². The highest BCUT2D eigenvalue weighted by atomic mass is 79.9. The number of amides is 1. The number of ether oxygens (including phenoxy) is 1. The molecular formula is C14H14BrN3O3. The molecule has 1 amide bonds. The number of halogens is 1. The van der Waals surface area contributed by atoms with E-state index in [2.05, 4.69) is 21.2 Å². The van der Waals surface area contributed by atoms with Crippen LogP contribution in [0.1, 0.15) is 0 Å². The maximum atomic E-state index is 12.0. The van der Waals surface area contributed by atoms with Crippen LogP contribution >= 0.6 is 15.9 Å². The molecule has 0 spiro atoms. The van der Waals surface area contributed by atoms with E-state index in [1.165, 1.54) is 30.0 Å². The van der Waals surface area contributed by atoms with Crippen LogP contribution in [0, 0.1) is 0 Å². The number of anilines is 2. The van der Waals surface area contributed by atoms with Crippen molar-refractivity contribution in [2.75, 3.05) is 18.2 Å². The van der Waals surface area contributed by atoms with Gasteiger partial charge in [0, 0.05) is 29.7 Å². The Morgan fingerprint density at radius 1 is 1.38 bits per heavy atom. The minimum absolute atomic E-state index is 0.109. The highest BCUT2D eigenvalue weighted by Gasteiger charge is 2.07. The summed E-state index contributed by atoms with van der Waals surface area (Å²) in [5, 5.41) is 2.70. The fourth-order valence-electron chi connectivity index (χ4n) is 1.77. The summed E-state index contributed by atoms with van der Waals surface area (Å²) in [4.78, 5) is 23.6. The fourth-order valence-corrected chi connectivity index (χ4v) is 2.17. The Kier molecular flexibility index (Phi) is 4.64. The SMILES string of the molecule is COc1cc(NC(=O)Cn2cc(N)ccc2=O)ccc1Br. The molecule has 1 aromatic heterocycles. The Balaban J connectivity index is 2.11. The second-order valence-corrected chi connectivity index (χ2v) is 5.18. The predicted molar refractivity (Wildman–Crippen MR) is 84.4 cm³/mol. The monoisotopic (exact) mass is 351 g/mol. The van der Waals surface area contributed by atoms with Crippen LogP contribution in [0.3, 0.4) is 0 Å². The molecule has 0 fully saturated rings. The standard InChI is InChI=1S/C14H14BrN3O3/c1-21-12-6-10(3-4-11(12)15)17-13(19)8-18-7-9(16)2-5-14(18)20/h2-7H,8,16H2,1H3,(H,17,19). The molecule has 0 atom stereocenters. The van der Waals surface area contributed by atoms with Gasteiger partial charge in [0.1, 0.15) is 12.3 Å². The first-order valence-electron chi connectivity index (χ1n) is 6.09. The maximum absolute atomic E-state index is 12.0. The van der Waals surface area contributed by atoms with Crippen LogP contribution in [-0.2, 0) is 11.3 Å². The number of nitrogen functional groups attached to an aromatic ring is 1. The number of methoxy groups -OCH3 is 1. The van der Waals surface area contributed by atoms with Crippen molar-refractivity contribution in [3.8, 4) is 5.75 Å². The van der Waals surface area contributed by atoms with Gasteiger partial charge in [0.2, 0.25) is 5.91 Å². The normalized spacial score (nSPS) is 10.2. The van der Waals surface area contributed by atoms with E-state index in [9.17, 15) is 9.59 Å². The van der Waals surface area contributed by atoms with Crippen LogP contribution < -0.4 is 21.3 Å². The number of benzene rings is 1. The summed E-state index contributed by atoms with van der Waals surface area (Å²) in [6.07, 6.45) is 1.43. The zero-order chi connectivity index (χ0) is 15.4. The molecule has 6 nitrogen and oxygen atoms in total. The number of nitrogens with two attached hydrogens (primary N) is 1. The van der Waals surface area contributed by atoms with Gasteiger partial charge in [0.05, 0.1) is 11.6 Å². The molecule has 0 saturated carbocycles. The van der Waals surface area contributed by atoms with Gasteiger partial charge >= 0.3 is 0 Å². The minimum Gasteiger partial charge on any atom is -0.495 e. The van der Waals surface area contributed by atoms with Gasteiger partial charge in [-0.25, -0.2) is 0 Å². The highest BCUT2D eigenvalue weighted by molar-refractivity contribution is 9.10. The molecular weight excluding hydrogens is 338 g/mol. The third kappa shape index (κ3) is 3.85. The van der Waals surface area contributed by atoms with Gasteiger partial charge in [0.15, 0.2) is 0 Å². The summed E-state index contributed by atoms with van der Waals surface area (Å²) in [6.45, 7) is -0.109. The van der Waals surface area contributed by atoms with Crippen molar-refractivity contribution < 1.29 is 9.53 Å². The van der Waals surface area contributed by atoms with Crippen molar-refractivity contribution in [1.29, 1.82) is 0 Å². The van der Waals surface area contributed by atoms with E-state index in [4.69, 9.17) is 10.5 Å². The van der Waals surface area contributed by atoms with Crippen molar-refractivity contribution in [3.63, 3.8) is 0 Å². The molecule has 21 heavy (non-hydrogen) atoms. The number of rotatable bonds is 4. The Morgan fingerprint density at radius 2 is 2.14 bits per heavy atom. The molecule has 0 saturated heterocycles. The highest BCUT2D eigenvalue weighted by Crippen LogP contribution is 2.27. The van der Waals surface area contributed by atoms with Crippen LogP contribution in [-0.4, -0.2) is 17.6 Å². The van der Waals surface area contributed by atoms with E-state index in [0.717, 1.165) is 4.47 Å². The third-order valence-electron chi connectivity index (χ3n) is 2.76. The summed E-state index contributed by atoms with van der Waals surface area (Å²) < 4.78 is 7.19. The van der Waals surface area contributed by atoms with Crippen molar-refractivity contribution in [2.24, 2.45) is 0 Å². The van der Waals surface area contributed by atoms with E-state index in [1.54, 1.807) is 18.2 Å². The summed E-state index contributed by atoms with van der Waals surface area (Å²) in [7, 11) is 1.54. The van der Waals surface area contributed by atoms with Gasteiger partial charge in [-0.05, 0) is 34.1 Å². The number of aromatic nitrogens is 1. The Morgan fingerprint density at radius 3 is 2.86 bits per heavy atom. The van der Waals surface area contributed by atoms with Gasteiger partial charge in [-0.2, -0.15) is 0 Å². The molecule has 0 bridgehead atoms. The van der Waals surface area contributed by atoms with Gasteiger partial charge in [-0.3, -0.25) is 9.59 Å². The lowest BCUT2D eigenvalue weighted by molar-refractivity contribution is -0.116. The van der Waals surface area contributed by atoms with E-state index < -0.39 is 0 Å². The van der Waals surface area contributed by atoms with Crippen LogP contribution in [0.2, 0.25) is 0 Å². The summed E-state index contributed by atoms with van der Waals surface area (Å²) in [5.74, 6) is 0.279. The number of nitrogens with one attached hydrogen (secondary N) is 1. The van der Waals surface area contributed by atoms with Crippen LogP contribution in [0.25, 0.3) is 0 Å². The second-order valence-electron chi connectivity index (χ2n) is 4.33. The number of hydrogen-bond donors (Lipinski definition) is 2. The smallest absolute Gasteiger partial charge is 0.251 e. The number of hydrogen-bond acceptors (Lipinski definition) is 4. The van der Waals surface area contributed by atoms with Gasteiger partial charge in [0.25, 0.3) is 5.56 Å². The van der Waals surface area contributed by atoms with E-state index in [0.29, 0.717) is 17.1 Å². The molecule has 0 aliphatic carbocycles. The molecule has 0 radical (unpaired) electrons. The van der Waals surface area contributed by atoms with Crippen molar-refractivity contribution in [3.05, 3.63) is 51.4 Å². The molecule has 1 aromatic carbocycles. The van der Waals surface area contributed by atoms with Crippen molar-refractivity contribution >= 4 is 33.2 Å².